The van der Waals surface area contributed by atoms with Crippen LogP contribution in [0.5, 0.6) is 5.75 Å². The molecule has 1 radical (unpaired) electrons. The van der Waals surface area contributed by atoms with Gasteiger partial charge in [-0.15, -0.1) is 0 Å². The molecule has 0 fully saturated rings. The fraction of sp³-hybridized carbons (Fsp3) is 0.667. The molecule has 1 aromatic rings. The summed E-state index contributed by atoms with van der Waals surface area (Å²) in [7, 11) is -3.06. The Hall–Kier alpha value is -0.933. The lowest BCUT2D eigenvalue weighted by Crippen LogP contribution is -2.47. The Kier molecular flexibility index (Phi) is 8.75. The van der Waals surface area contributed by atoms with Gasteiger partial charge in [-0.2, -0.15) is 8.42 Å². The summed E-state index contributed by atoms with van der Waals surface area (Å²) in [6.07, 6.45) is -0.0485. The molecule has 0 amide bonds. The van der Waals surface area contributed by atoms with Gasteiger partial charge in [0.2, 0.25) is 9.04 Å². The van der Waals surface area contributed by atoms with Crippen LogP contribution in [0, 0.1) is 5.41 Å². The Bertz CT molecular complexity index is 637. The lowest BCUT2D eigenvalue weighted by atomic mass is 9.86. The molecule has 8 heteroatoms. The number of methoxy groups -OCH3 is 1. The first kappa shape index (κ1) is 23.1. The van der Waals surface area contributed by atoms with Crippen molar-refractivity contribution < 1.29 is 26.5 Å². The summed E-state index contributed by atoms with van der Waals surface area (Å²) >= 11 is 0. The molecule has 0 bridgehead atoms. The molecule has 2 atom stereocenters. The fourth-order valence-electron chi connectivity index (χ4n) is 2.47. The van der Waals surface area contributed by atoms with Crippen LogP contribution in [-0.2, 0) is 30.1 Å². The van der Waals surface area contributed by atoms with Gasteiger partial charge in [-0.1, -0.05) is 32.9 Å². The van der Waals surface area contributed by atoms with Crippen LogP contribution >= 0.6 is 0 Å². The second kappa shape index (κ2) is 9.84. The maximum Gasteiger partial charge on any atom is 0.264 e. The number of hydrogen-bond acceptors (Lipinski definition) is 6. The summed E-state index contributed by atoms with van der Waals surface area (Å²) in [5.74, 6) is 0.772. The SMILES string of the molecule is COc1ccc(COCC(OS(C)(=O)=O)C(O[Si](C)C)C(C)(C)C)cc1. The van der Waals surface area contributed by atoms with Gasteiger partial charge in [0.15, 0.2) is 0 Å². The average Bonchev–Trinajstić information content (AvgIpc) is 2.50. The van der Waals surface area contributed by atoms with Gasteiger partial charge in [-0.3, -0.25) is 4.18 Å². The van der Waals surface area contributed by atoms with Crippen molar-refractivity contribution in [2.24, 2.45) is 5.41 Å². The minimum absolute atomic E-state index is 0.121. The quantitative estimate of drug-likeness (QED) is 0.441. The van der Waals surface area contributed by atoms with Crippen LogP contribution in [0.1, 0.15) is 26.3 Å². The Morgan fingerprint density at radius 1 is 1.12 bits per heavy atom. The standard InChI is InChI=1S/C18H31O6SSi/c1-18(2,3)17(24-26(6)7)16(23-25(5,19)20)13-22-12-14-8-10-15(21-4)11-9-14/h8-11,16-17H,12-13H2,1-7H3. The zero-order valence-electron chi connectivity index (χ0n) is 16.7. The van der Waals surface area contributed by atoms with Gasteiger partial charge in [-0.25, -0.2) is 0 Å². The first-order valence-corrected chi connectivity index (χ1v) is 12.7. The first-order chi connectivity index (χ1) is 11.9. The Labute approximate surface area is 159 Å². The van der Waals surface area contributed by atoms with Crippen molar-refractivity contribution in [2.75, 3.05) is 20.0 Å². The van der Waals surface area contributed by atoms with Crippen LogP contribution in [0.4, 0.5) is 0 Å². The Morgan fingerprint density at radius 3 is 2.12 bits per heavy atom. The minimum Gasteiger partial charge on any atom is -0.497 e. The summed E-state index contributed by atoms with van der Waals surface area (Å²) in [5.41, 5.74) is 0.675. The summed E-state index contributed by atoms with van der Waals surface area (Å²) < 4.78 is 45.7. The van der Waals surface area contributed by atoms with E-state index >= 15 is 0 Å². The van der Waals surface area contributed by atoms with Crippen LogP contribution in [0.15, 0.2) is 24.3 Å². The smallest absolute Gasteiger partial charge is 0.264 e. The molecule has 1 rings (SSSR count). The number of ether oxygens (including phenoxy) is 2. The van der Waals surface area contributed by atoms with E-state index in [-0.39, 0.29) is 12.0 Å². The molecule has 0 saturated heterocycles. The van der Waals surface area contributed by atoms with Gasteiger partial charge in [0.05, 0.1) is 32.7 Å². The van der Waals surface area contributed by atoms with Crippen molar-refractivity contribution in [1.82, 2.24) is 0 Å². The molecule has 0 heterocycles. The normalized spacial score (nSPS) is 15.1. The second-order valence-electron chi connectivity index (χ2n) is 7.51. The molecule has 26 heavy (non-hydrogen) atoms. The highest BCUT2D eigenvalue weighted by molar-refractivity contribution is 7.86. The largest absolute Gasteiger partial charge is 0.497 e. The van der Waals surface area contributed by atoms with E-state index in [2.05, 4.69) is 0 Å². The van der Waals surface area contributed by atoms with E-state index in [1.54, 1.807) is 7.11 Å². The van der Waals surface area contributed by atoms with Gasteiger partial charge < -0.3 is 13.9 Å². The van der Waals surface area contributed by atoms with Gasteiger partial charge in [0.1, 0.15) is 11.9 Å². The van der Waals surface area contributed by atoms with E-state index in [0.717, 1.165) is 17.6 Å². The molecule has 0 aliphatic carbocycles. The Morgan fingerprint density at radius 2 is 1.69 bits per heavy atom. The lowest BCUT2D eigenvalue weighted by molar-refractivity contribution is -0.0563. The number of hydrogen-bond donors (Lipinski definition) is 0. The van der Waals surface area contributed by atoms with E-state index in [1.807, 2.05) is 58.1 Å². The highest BCUT2D eigenvalue weighted by Crippen LogP contribution is 2.28. The molecule has 149 valence electrons. The molecule has 2 unspecified atom stereocenters. The summed E-state index contributed by atoms with van der Waals surface area (Å²) in [6, 6.07) is 7.52. The Balaban J connectivity index is 2.83. The molecule has 6 nitrogen and oxygen atoms in total. The molecule has 0 aliphatic heterocycles. The van der Waals surface area contributed by atoms with Gasteiger partial charge in [0, 0.05) is 0 Å². The number of benzene rings is 1. The number of rotatable bonds is 10. The first-order valence-electron chi connectivity index (χ1n) is 8.48. The third kappa shape index (κ3) is 8.63. The van der Waals surface area contributed by atoms with Crippen molar-refractivity contribution >= 4 is 19.2 Å². The van der Waals surface area contributed by atoms with Crippen molar-refractivity contribution in [1.29, 1.82) is 0 Å². The maximum atomic E-state index is 11.7. The fourth-order valence-corrected chi connectivity index (χ4v) is 4.09. The molecule has 0 aliphatic rings. The molecule has 0 spiro atoms. The topological polar surface area (TPSA) is 71.1 Å². The summed E-state index contributed by atoms with van der Waals surface area (Å²) in [4.78, 5) is 0. The summed E-state index contributed by atoms with van der Waals surface area (Å²) in [6.45, 7) is 10.5. The van der Waals surface area contributed by atoms with Crippen molar-refractivity contribution in [3.05, 3.63) is 29.8 Å². The van der Waals surface area contributed by atoms with Crippen molar-refractivity contribution in [2.45, 2.75) is 52.7 Å². The third-order valence-corrected chi connectivity index (χ3v) is 4.88. The van der Waals surface area contributed by atoms with Crippen LogP contribution < -0.4 is 4.74 Å². The van der Waals surface area contributed by atoms with Crippen LogP contribution in [0.25, 0.3) is 0 Å². The van der Waals surface area contributed by atoms with E-state index in [1.165, 1.54) is 0 Å². The van der Waals surface area contributed by atoms with E-state index < -0.39 is 31.4 Å². The third-order valence-electron chi connectivity index (χ3n) is 3.56. The molecule has 1 aromatic carbocycles. The highest BCUT2D eigenvalue weighted by Gasteiger charge is 2.36. The molecular weight excluding hydrogens is 372 g/mol. The summed E-state index contributed by atoms with van der Waals surface area (Å²) in [5, 5.41) is 0. The van der Waals surface area contributed by atoms with E-state index in [0.29, 0.717) is 6.61 Å². The van der Waals surface area contributed by atoms with Crippen LogP contribution in [0.2, 0.25) is 13.1 Å². The van der Waals surface area contributed by atoms with Crippen LogP contribution in [0.3, 0.4) is 0 Å². The molecule has 0 N–H and O–H groups in total. The van der Waals surface area contributed by atoms with E-state index in [4.69, 9.17) is 18.1 Å². The zero-order valence-corrected chi connectivity index (χ0v) is 18.6. The lowest BCUT2D eigenvalue weighted by Gasteiger charge is -2.37. The highest BCUT2D eigenvalue weighted by atomic mass is 32.2. The van der Waals surface area contributed by atoms with Gasteiger partial charge in [0.25, 0.3) is 10.1 Å². The van der Waals surface area contributed by atoms with E-state index in [9.17, 15) is 8.42 Å². The van der Waals surface area contributed by atoms with Crippen LogP contribution in [-0.4, -0.2) is 49.6 Å². The molecule has 0 saturated carbocycles. The predicted octanol–water partition coefficient (Wildman–Crippen LogP) is 3.24. The van der Waals surface area contributed by atoms with Gasteiger partial charge >= 0.3 is 0 Å². The minimum atomic E-state index is -3.63. The monoisotopic (exact) mass is 403 g/mol. The maximum absolute atomic E-state index is 11.7. The predicted molar refractivity (Wildman–Crippen MR) is 104 cm³/mol. The molecular formula is C18H31O6SSi. The zero-order chi connectivity index (χ0) is 20.0. The molecule has 0 aromatic heterocycles. The second-order valence-corrected chi connectivity index (χ2v) is 11.2. The average molecular weight is 404 g/mol. The van der Waals surface area contributed by atoms with Gasteiger partial charge in [-0.05, 0) is 36.2 Å². The van der Waals surface area contributed by atoms with Crippen molar-refractivity contribution in [3.8, 4) is 5.75 Å². The van der Waals surface area contributed by atoms with Crippen molar-refractivity contribution in [3.63, 3.8) is 0 Å².